The molecule has 1 heterocycles. The molecule has 134 valence electrons. The average Bonchev–Trinajstić information content (AvgIpc) is 2.62. The average molecular weight is 380 g/mol. The van der Waals surface area contributed by atoms with Gasteiger partial charge in [0.2, 0.25) is 0 Å². The van der Waals surface area contributed by atoms with E-state index in [-0.39, 0.29) is 12.4 Å². The van der Waals surface area contributed by atoms with E-state index < -0.39 is 0 Å². The maximum Gasteiger partial charge on any atom is 0.161 e. The van der Waals surface area contributed by atoms with Gasteiger partial charge in [0.05, 0.1) is 14.2 Å². The van der Waals surface area contributed by atoms with Crippen molar-refractivity contribution in [1.82, 2.24) is 0 Å². The smallest absolute Gasteiger partial charge is 0.161 e. The number of aryl methyl sites for hydroxylation is 1. The first kappa shape index (κ1) is 19.6. The molecule has 1 aliphatic heterocycles. The van der Waals surface area contributed by atoms with E-state index >= 15 is 0 Å². The summed E-state index contributed by atoms with van der Waals surface area (Å²) in [5.74, 6) is 2.16. The molecule has 5 heteroatoms. The van der Waals surface area contributed by atoms with E-state index in [1.54, 1.807) is 14.2 Å². The molecular formula is C20H23Cl2NO2. The molecule has 3 nitrogen and oxygen atoms in total. The van der Waals surface area contributed by atoms with Crippen LogP contribution in [0.5, 0.6) is 11.5 Å². The topological polar surface area (TPSA) is 30.8 Å². The Hall–Kier alpha value is -1.71. The molecule has 0 unspecified atom stereocenters. The minimum absolute atomic E-state index is 0. The molecule has 25 heavy (non-hydrogen) atoms. The van der Waals surface area contributed by atoms with Crippen molar-refractivity contribution >= 4 is 29.7 Å². The number of methoxy groups -OCH3 is 2. The first-order valence-electron chi connectivity index (χ1n) is 8.18. The molecule has 0 aromatic heterocycles. The van der Waals surface area contributed by atoms with E-state index in [0.717, 1.165) is 43.0 Å². The molecule has 0 bridgehead atoms. The third-order valence-corrected chi connectivity index (χ3v) is 4.63. The Labute approximate surface area is 160 Å². The Kier molecular flexibility index (Phi) is 7.15. The molecule has 0 N–H and O–H groups in total. The standard InChI is InChI=1S/C20H22ClNO2.ClH/c1-23-19-12-16-8-10-22-18(17(16)13-20(19)24-2)11-15-6-4-3-5-14(15)7-9-21;/h3-6,12-13H,7-11H2,1-2H3;1H. The summed E-state index contributed by atoms with van der Waals surface area (Å²) in [5.41, 5.74) is 6.13. The lowest BCUT2D eigenvalue weighted by Crippen LogP contribution is -2.16. The van der Waals surface area contributed by atoms with E-state index in [0.29, 0.717) is 5.88 Å². The van der Waals surface area contributed by atoms with Crippen LogP contribution in [0.3, 0.4) is 0 Å². The summed E-state index contributed by atoms with van der Waals surface area (Å²) in [6, 6.07) is 12.6. The Morgan fingerprint density at radius 3 is 2.40 bits per heavy atom. The van der Waals surface area contributed by atoms with E-state index in [1.807, 2.05) is 0 Å². The van der Waals surface area contributed by atoms with Crippen molar-refractivity contribution in [3.05, 3.63) is 58.7 Å². The molecule has 2 aromatic rings. The number of aliphatic imine (C=N–C) groups is 1. The van der Waals surface area contributed by atoms with Gasteiger partial charge in [-0.2, -0.15) is 0 Å². The first-order chi connectivity index (χ1) is 11.8. The summed E-state index contributed by atoms with van der Waals surface area (Å²) in [5, 5.41) is 0. The van der Waals surface area contributed by atoms with Crippen LogP contribution in [0.25, 0.3) is 0 Å². The van der Waals surface area contributed by atoms with Gasteiger partial charge >= 0.3 is 0 Å². The van der Waals surface area contributed by atoms with Gasteiger partial charge in [-0.05, 0) is 41.7 Å². The molecule has 2 aromatic carbocycles. The van der Waals surface area contributed by atoms with Crippen molar-refractivity contribution in [2.75, 3.05) is 26.6 Å². The van der Waals surface area contributed by atoms with Crippen LogP contribution in [0.4, 0.5) is 0 Å². The SMILES string of the molecule is COc1cc2c(cc1OC)C(Cc1ccccc1CCCl)=NCC2.Cl. The number of benzene rings is 2. The van der Waals surface area contributed by atoms with Gasteiger partial charge in [0.25, 0.3) is 0 Å². The lowest BCUT2D eigenvalue weighted by atomic mass is 9.91. The van der Waals surface area contributed by atoms with E-state index in [1.165, 1.54) is 22.3 Å². The number of ether oxygens (including phenoxy) is 2. The van der Waals surface area contributed by atoms with Gasteiger partial charge < -0.3 is 9.47 Å². The van der Waals surface area contributed by atoms with Gasteiger partial charge in [-0.25, -0.2) is 0 Å². The van der Waals surface area contributed by atoms with Gasteiger partial charge in [0.1, 0.15) is 0 Å². The first-order valence-corrected chi connectivity index (χ1v) is 8.71. The van der Waals surface area contributed by atoms with Crippen LogP contribution >= 0.6 is 24.0 Å². The molecule has 0 amide bonds. The highest BCUT2D eigenvalue weighted by molar-refractivity contribution is 6.18. The predicted octanol–water partition coefficient (Wildman–Crippen LogP) is 4.49. The number of hydrogen-bond acceptors (Lipinski definition) is 3. The van der Waals surface area contributed by atoms with Crippen molar-refractivity contribution in [3.63, 3.8) is 0 Å². The number of rotatable bonds is 6. The quantitative estimate of drug-likeness (QED) is 0.692. The number of fused-ring (bicyclic) bond motifs is 1. The van der Waals surface area contributed by atoms with E-state index in [4.69, 9.17) is 26.1 Å². The molecule has 3 rings (SSSR count). The van der Waals surface area contributed by atoms with Crippen molar-refractivity contribution in [1.29, 1.82) is 0 Å². The van der Waals surface area contributed by atoms with Gasteiger partial charge in [-0.15, -0.1) is 24.0 Å². The molecule has 0 aliphatic carbocycles. The van der Waals surface area contributed by atoms with Gasteiger partial charge in [-0.1, -0.05) is 24.3 Å². The number of alkyl halides is 1. The van der Waals surface area contributed by atoms with Crippen LogP contribution < -0.4 is 9.47 Å². The van der Waals surface area contributed by atoms with Crippen LogP contribution in [0, 0.1) is 0 Å². The lowest BCUT2D eigenvalue weighted by Gasteiger charge is -2.20. The molecular weight excluding hydrogens is 357 g/mol. The zero-order chi connectivity index (χ0) is 16.9. The van der Waals surface area contributed by atoms with Gasteiger partial charge in [0, 0.05) is 30.1 Å². The molecule has 0 atom stereocenters. The molecule has 0 radical (unpaired) electrons. The summed E-state index contributed by atoms with van der Waals surface area (Å²) < 4.78 is 10.9. The highest BCUT2D eigenvalue weighted by Crippen LogP contribution is 2.33. The maximum absolute atomic E-state index is 5.94. The third-order valence-electron chi connectivity index (χ3n) is 4.44. The highest BCUT2D eigenvalue weighted by Gasteiger charge is 2.19. The van der Waals surface area contributed by atoms with Crippen molar-refractivity contribution in [3.8, 4) is 11.5 Å². The summed E-state index contributed by atoms with van der Waals surface area (Å²) in [7, 11) is 3.34. The van der Waals surface area contributed by atoms with E-state index in [2.05, 4.69) is 36.4 Å². The minimum Gasteiger partial charge on any atom is -0.493 e. The monoisotopic (exact) mass is 379 g/mol. The largest absolute Gasteiger partial charge is 0.493 e. The fraction of sp³-hybridized carbons (Fsp3) is 0.350. The zero-order valence-electron chi connectivity index (χ0n) is 14.5. The lowest BCUT2D eigenvalue weighted by molar-refractivity contribution is 0.354. The van der Waals surface area contributed by atoms with E-state index in [9.17, 15) is 0 Å². The Morgan fingerprint density at radius 2 is 1.72 bits per heavy atom. The minimum atomic E-state index is 0. The van der Waals surface area contributed by atoms with Crippen LogP contribution in [-0.2, 0) is 19.3 Å². The summed E-state index contributed by atoms with van der Waals surface area (Å²) in [4.78, 5) is 4.79. The van der Waals surface area contributed by atoms with Crippen LogP contribution in [0.2, 0.25) is 0 Å². The van der Waals surface area contributed by atoms with Crippen LogP contribution in [-0.4, -0.2) is 32.4 Å². The Balaban J connectivity index is 0.00000225. The molecule has 0 saturated heterocycles. The number of hydrogen-bond donors (Lipinski definition) is 0. The van der Waals surface area contributed by atoms with Crippen LogP contribution in [0.15, 0.2) is 41.4 Å². The molecule has 1 aliphatic rings. The summed E-state index contributed by atoms with van der Waals surface area (Å²) in [6.07, 6.45) is 2.63. The van der Waals surface area contributed by atoms with Gasteiger partial charge in [-0.3, -0.25) is 4.99 Å². The van der Waals surface area contributed by atoms with Crippen LogP contribution in [0.1, 0.15) is 22.3 Å². The van der Waals surface area contributed by atoms with Crippen molar-refractivity contribution in [2.45, 2.75) is 19.3 Å². The summed E-state index contributed by atoms with van der Waals surface area (Å²) in [6.45, 7) is 0.815. The second kappa shape index (κ2) is 9.12. The van der Waals surface area contributed by atoms with Crippen molar-refractivity contribution < 1.29 is 9.47 Å². The Bertz CT molecular complexity index is 759. The summed E-state index contributed by atoms with van der Waals surface area (Å²) >= 11 is 5.94. The third kappa shape index (κ3) is 4.28. The molecule has 0 fully saturated rings. The highest BCUT2D eigenvalue weighted by atomic mass is 35.5. The normalized spacial score (nSPS) is 12.7. The second-order valence-corrected chi connectivity index (χ2v) is 6.21. The second-order valence-electron chi connectivity index (χ2n) is 5.83. The fourth-order valence-corrected chi connectivity index (χ4v) is 3.40. The number of halogens is 2. The fourth-order valence-electron chi connectivity index (χ4n) is 3.20. The van der Waals surface area contributed by atoms with Crippen molar-refractivity contribution in [2.24, 2.45) is 4.99 Å². The number of nitrogens with zero attached hydrogens (tertiary/aromatic N) is 1. The predicted molar refractivity (Wildman–Crippen MR) is 106 cm³/mol. The maximum atomic E-state index is 5.94. The zero-order valence-corrected chi connectivity index (χ0v) is 16.1. The molecule has 0 spiro atoms. The van der Waals surface area contributed by atoms with Gasteiger partial charge in [0.15, 0.2) is 11.5 Å². The molecule has 0 saturated carbocycles. The Morgan fingerprint density at radius 1 is 1.04 bits per heavy atom.